The van der Waals surface area contributed by atoms with Gasteiger partial charge in [-0.1, -0.05) is 17.3 Å². The predicted molar refractivity (Wildman–Crippen MR) is 52.6 cm³/mol. The number of nitrogens with zero attached hydrogens (tertiary/aromatic N) is 3. The van der Waals surface area contributed by atoms with Crippen molar-refractivity contribution in [2.45, 2.75) is 19.4 Å². The van der Waals surface area contributed by atoms with Gasteiger partial charge in [-0.05, 0) is 12.8 Å². The standard InChI is InChI=1S/C10H13N3O2/c1-13(6-9-11-7-15-12-9)10(14)8-4-2-3-5-8/h2-3,7-8H,4-6H2,1H3. The lowest BCUT2D eigenvalue weighted by Gasteiger charge is -2.19. The highest BCUT2D eigenvalue weighted by molar-refractivity contribution is 5.79. The van der Waals surface area contributed by atoms with Crippen LogP contribution in [0.4, 0.5) is 0 Å². The van der Waals surface area contributed by atoms with Crippen molar-refractivity contribution in [3.05, 3.63) is 24.4 Å². The zero-order chi connectivity index (χ0) is 10.7. The lowest BCUT2D eigenvalue weighted by atomic mass is 10.1. The Morgan fingerprint density at radius 2 is 2.33 bits per heavy atom. The molecule has 1 amide bonds. The highest BCUT2D eigenvalue weighted by Gasteiger charge is 2.23. The topological polar surface area (TPSA) is 59.2 Å². The van der Waals surface area contributed by atoms with Crippen molar-refractivity contribution in [3.8, 4) is 0 Å². The van der Waals surface area contributed by atoms with Gasteiger partial charge in [-0.15, -0.1) is 0 Å². The summed E-state index contributed by atoms with van der Waals surface area (Å²) < 4.78 is 4.61. The van der Waals surface area contributed by atoms with Gasteiger partial charge in [0.25, 0.3) is 0 Å². The zero-order valence-corrected chi connectivity index (χ0v) is 8.59. The Kier molecular flexibility index (Phi) is 2.80. The monoisotopic (exact) mass is 207 g/mol. The fourth-order valence-electron chi connectivity index (χ4n) is 1.68. The highest BCUT2D eigenvalue weighted by atomic mass is 16.5. The molecule has 80 valence electrons. The first-order valence-corrected chi connectivity index (χ1v) is 4.92. The number of carbonyl (C=O) groups excluding carboxylic acids is 1. The van der Waals surface area contributed by atoms with Crippen LogP contribution >= 0.6 is 0 Å². The van der Waals surface area contributed by atoms with Gasteiger partial charge in [0, 0.05) is 13.0 Å². The second-order valence-corrected chi connectivity index (χ2v) is 3.68. The lowest BCUT2D eigenvalue weighted by molar-refractivity contribution is -0.134. The first kappa shape index (κ1) is 9.89. The largest absolute Gasteiger partial charge is 0.343 e. The molecule has 0 fully saturated rings. The van der Waals surface area contributed by atoms with Crippen LogP contribution in [0.3, 0.4) is 0 Å². The lowest BCUT2D eigenvalue weighted by Crippen LogP contribution is -2.31. The van der Waals surface area contributed by atoms with Crippen molar-refractivity contribution < 1.29 is 9.32 Å². The molecule has 1 aliphatic carbocycles. The van der Waals surface area contributed by atoms with Gasteiger partial charge in [-0.2, -0.15) is 4.98 Å². The third-order valence-electron chi connectivity index (χ3n) is 2.52. The van der Waals surface area contributed by atoms with Crippen LogP contribution in [0.2, 0.25) is 0 Å². The fraction of sp³-hybridized carbons (Fsp3) is 0.500. The molecule has 1 aromatic heterocycles. The van der Waals surface area contributed by atoms with Crippen LogP contribution in [0, 0.1) is 5.92 Å². The summed E-state index contributed by atoms with van der Waals surface area (Å²) in [6, 6.07) is 0. The minimum atomic E-state index is 0.0990. The van der Waals surface area contributed by atoms with Gasteiger partial charge in [0.05, 0.1) is 6.54 Å². The summed E-state index contributed by atoms with van der Waals surface area (Å²) in [6.07, 6.45) is 7.05. The van der Waals surface area contributed by atoms with Crippen LogP contribution in [0.1, 0.15) is 18.7 Å². The van der Waals surface area contributed by atoms with Gasteiger partial charge in [0.2, 0.25) is 12.3 Å². The van der Waals surface area contributed by atoms with Crippen LogP contribution in [-0.2, 0) is 11.3 Å². The highest BCUT2D eigenvalue weighted by Crippen LogP contribution is 2.20. The molecular formula is C10H13N3O2. The third-order valence-corrected chi connectivity index (χ3v) is 2.52. The Bertz CT molecular complexity index is 351. The number of carbonyl (C=O) groups is 1. The maximum Gasteiger partial charge on any atom is 0.226 e. The molecule has 1 aromatic rings. The maximum absolute atomic E-state index is 11.9. The molecule has 1 heterocycles. The average Bonchev–Trinajstić information content (AvgIpc) is 2.88. The van der Waals surface area contributed by atoms with E-state index in [0.29, 0.717) is 12.4 Å². The summed E-state index contributed by atoms with van der Waals surface area (Å²) in [5.74, 6) is 0.781. The minimum absolute atomic E-state index is 0.0990. The van der Waals surface area contributed by atoms with E-state index in [4.69, 9.17) is 0 Å². The Hall–Kier alpha value is -1.65. The molecular weight excluding hydrogens is 194 g/mol. The molecule has 15 heavy (non-hydrogen) atoms. The summed E-state index contributed by atoms with van der Waals surface area (Å²) in [5.41, 5.74) is 0. The summed E-state index contributed by atoms with van der Waals surface area (Å²) in [4.78, 5) is 17.4. The van der Waals surface area contributed by atoms with Crippen LogP contribution in [-0.4, -0.2) is 28.0 Å². The molecule has 0 radical (unpaired) electrons. The second-order valence-electron chi connectivity index (χ2n) is 3.68. The average molecular weight is 207 g/mol. The van der Waals surface area contributed by atoms with E-state index in [1.54, 1.807) is 11.9 Å². The van der Waals surface area contributed by atoms with Gasteiger partial charge < -0.3 is 9.42 Å². The van der Waals surface area contributed by atoms with Gasteiger partial charge in [0.15, 0.2) is 5.82 Å². The van der Waals surface area contributed by atoms with Gasteiger partial charge >= 0.3 is 0 Å². The fourth-order valence-corrected chi connectivity index (χ4v) is 1.68. The molecule has 5 nitrogen and oxygen atoms in total. The Morgan fingerprint density at radius 3 is 2.93 bits per heavy atom. The second kappa shape index (κ2) is 4.25. The van der Waals surface area contributed by atoms with Crippen LogP contribution < -0.4 is 0 Å². The van der Waals surface area contributed by atoms with Crippen LogP contribution in [0.25, 0.3) is 0 Å². The van der Waals surface area contributed by atoms with Gasteiger partial charge in [-0.3, -0.25) is 4.79 Å². The van der Waals surface area contributed by atoms with E-state index < -0.39 is 0 Å². The Labute approximate surface area is 87.8 Å². The van der Waals surface area contributed by atoms with E-state index in [2.05, 4.69) is 14.7 Å². The number of rotatable bonds is 3. The molecule has 0 bridgehead atoms. The zero-order valence-electron chi connectivity index (χ0n) is 8.59. The SMILES string of the molecule is CN(Cc1ncon1)C(=O)C1CC=CC1. The van der Waals surface area contributed by atoms with Crippen molar-refractivity contribution in [3.63, 3.8) is 0 Å². The van der Waals surface area contributed by atoms with Crippen molar-refractivity contribution in [2.75, 3.05) is 7.05 Å². The van der Waals surface area contributed by atoms with E-state index in [9.17, 15) is 4.79 Å². The van der Waals surface area contributed by atoms with E-state index >= 15 is 0 Å². The Balaban J connectivity index is 1.90. The quantitative estimate of drug-likeness (QED) is 0.693. The van der Waals surface area contributed by atoms with E-state index in [-0.39, 0.29) is 11.8 Å². The minimum Gasteiger partial charge on any atom is -0.343 e. The molecule has 0 spiro atoms. The van der Waals surface area contributed by atoms with Gasteiger partial charge in [-0.25, -0.2) is 0 Å². The molecule has 5 heteroatoms. The molecule has 0 atom stereocenters. The van der Waals surface area contributed by atoms with Crippen molar-refractivity contribution in [2.24, 2.45) is 5.92 Å². The number of amides is 1. The third kappa shape index (κ3) is 2.23. The molecule has 1 aliphatic rings. The Morgan fingerprint density at radius 1 is 1.60 bits per heavy atom. The molecule has 0 aliphatic heterocycles. The number of aromatic nitrogens is 2. The summed E-state index contributed by atoms with van der Waals surface area (Å²) in [6.45, 7) is 0.409. The summed E-state index contributed by atoms with van der Waals surface area (Å²) in [5, 5.41) is 3.67. The van der Waals surface area contributed by atoms with Crippen LogP contribution in [0.5, 0.6) is 0 Å². The van der Waals surface area contributed by atoms with E-state index in [1.807, 2.05) is 12.2 Å². The number of hydrogen-bond donors (Lipinski definition) is 0. The summed E-state index contributed by atoms with van der Waals surface area (Å²) in [7, 11) is 1.76. The normalized spacial score (nSPS) is 15.8. The van der Waals surface area contributed by atoms with E-state index in [1.165, 1.54) is 6.39 Å². The molecule has 0 saturated heterocycles. The molecule has 2 rings (SSSR count). The van der Waals surface area contributed by atoms with Crippen molar-refractivity contribution in [1.29, 1.82) is 0 Å². The van der Waals surface area contributed by atoms with Crippen molar-refractivity contribution >= 4 is 5.91 Å². The van der Waals surface area contributed by atoms with Crippen molar-refractivity contribution in [1.82, 2.24) is 15.0 Å². The van der Waals surface area contributed by atoms with Gasteiger partial charge in [0.1, 0.15) is 0 Å². The number of allylic oxidation sites excluding steroid dienone is 2. The smallest absolute Gasteiger partial charge is 0.226 e. The van der Waals surface area contributed by atoms with E-state index in [0.717, 1.165) is 12.8 Å². The number of hydrogen-bond acceptors (Lipinski definition) is 4. The maximum atomic E-state index is 11.9. The first-order chi connectivity index (χ1) is 7.27. The first-order valence-electron chi connectivity index (χ1n) is 4.92. The molecule has 0 saturated carbocycles. The summed E-state index contributed by atoms with van der Waals surface area (Å²) >= 11 is 0. The molecule has 0 N–H and O–H groups in total. The van der Waals surface area contributed by atoms with Crippen LogP contribution in [0.15, 0.2) is 23.1 Å². The molecule has 0 aromatic carbocycles. The predicted octanol–water partition coefficient (Wildman–Crippen LogP) is 0.994. The molecule has 0 unspecified atom stereocenters.